The molecule has 1 fully saturated rings. The van der Waals surface area contributed by atoms with Crippen LogP contribution in [0.1, 0.15) is 23.2 Å². The number of rotatable bonds is 3. The van der Waals surface area contributed by atoms with E-state index in [1.165, 1.54) is 25.4 Å². The van der Waals surface area contributed by atoms with Crippen molar-refractivity contribution in [1.82, 2.24) is 15.6 Å². The van der Waals surface area contributed by atoms with Crippen LogP contribution in [0, 0.1) is 5.82 Å². The summed E-state index contributed by atoms with van der Waals surface area (Å²) < 4.78 is 18.7. The molecule has 1 aromatic heterocycles. The van der Waals surface area contributed by atoms with Crippen molar-refractivity contribution in [1.29, 1.82) is 0 Å². The van der Waals surface area contributed by atoms with E-state index < -0.39 is 5.82 Å². The zero-order valence-corrected chi connectivity index (χ0v) is 13.6. The smallest absolute Gasteiger partial charge is 0.253 e. The number of nitrogens with zero attached hydrogens (tertiary/aromatic N) is 1. The number of benzene rings is 1. The number of amides is 1. The van der Waals surface area contributed by atoms with E-state index in [9.17, 15) is 9.18 Å². The van der Waals surface area contributed by atoms with Crippen LogP contribution in [0.5, 0.6) is 5.75 Å². The van der Waals surface area contributed by atoms with Crippen LogP contribution in [0.15, 0.2) is 24.4 Å². The van der Waals surface area contributed by atoms with Gasteiger partial charge in [0.15, 0.2) is 11.6 Å². The van der Waals surface area contributed by atoms with Crippen molar-refractivity contribution < 1.29 is 13.9 Å². The van der Waals surface area contributed by atoms with Gasteiger partial charge in [-0.1, -0.05) is 0 Å². The fourth-order valence-corrected chi connectivity index (χ4v) is 2.64. The predicted molar refractivity (Wildman–Crippen MR) is 88.9 cm³/mol. The molecule has 1 saturated heterocycles. The number of hydrogen-bond donors (Lipinski definition) is 2. The summed E-state index contributed by atoms with van der Waals surface area (Å²) >= 11 is 0. The molecule has 0 saturated carbocycles. The molecule has 3 rings (SSSR count). The molecule has 0 unspecified atom stereocenters. The van der Waals surface area contributed by atoms with E-state index in [2.05, 4.69) is 15.6 Å². The maximum absolute atomic E-state index is 13.8. The van der Waals surface area contributed by atoms with E-state index in [0.29, 0.717) is 16.5 Å². The monoisotopic (exact) mass is 339 g/mol. The van der Waals surface area contributed by atoms with Gasteiger partial charge in [0.2, 0.25) is 0 Å². The van der Waals surface area contributed by atoms with Gasteiger partial charge in [-0.15, -0.1) is 12.4 Å². The molecule has 0 atom stereocenters. The molecular formula is C16H19ClFN3O2. The summed E-state index contributed by atoms with van der Waals surface area (Å²) in [5.41, 5.74) is 1.03. The minimum Gasteiger partial charge on any atom is -0.494 e. The highest BCUT2D eigenvalue weighted by Gasteiger charge is 2.17. The van der Waals surface area contributed by atoms with Gasteiger partial charge >= 0.3 is 0 Å². The molecule has 0 aliphatic carbocycles. The highest BCUT2D eigenvalue weighted by molar-refractivity contribution is 5.97. The van der Waals surface area contributed by atoms with Crippen LogP contribution < -0.4 is 15.4 Å². The summed E-state index contributed by atoms with van der Waals surface area (Å²) in [6, 6.07) is 4.69. The summed E-state index contributed by atoms with van der Waals surface area (Å²) in [6.45, 7) is 1.82. The number of carbonyl (C=O) groups excluding carboxylic acids is 1. The van der Waals surface area contributed by atoms with E-state index >= 15 is 0 Å². The van der Waals surface area contributed by atoms with Gasteiger partial charge < -0.3 is 15.4 Å². The number of aromatic nitrogens is 1. The lowest BCUT2D eigenvalue weighted by Gasteiger charge is -2.23. The number of halogens is 2. The maximum atomic E-state index is 13.8. The second-order valence-corrected chi connectivity index (χ2v) is 5.40. The van der Waals surface area contributed by atoms with Gasteiger partial charge in [0.25, 0.3) is 5.91 Å². The molecule has 5 nitrogen and oxygen atoms in total. The summed E-state index contributed by atoms with van der Waals surface area (Å²) in [4.78, 5) is 16.5. The van der Waals surface area contributed by atoms with Crippen molar-refractivity contribution in [2.75, 3.05) is 20.2 Å². The Morgan fingerprint density at radius 3 is 2.78 bits per heavy atom. The predicted octanol–water partition coefficient (Wildman–Crippen LogP) is 2.29. The normalized spacial score (nSPS) is 15.0. The molecule has 1 aliphatic heterocycles. The third-order valence-electron chi connectivity index (χ3n) is 3.89. The second kappa shape index (κ2) is 7.57. The first-order chi connectivity index (χ1) is 10.7. The Bertz CT molecular complexity index is 705. The first-order valence-corrected chi connectivity index (χ1v) is 7.32. The fraction of sp³-hybridized carbons (Fsp3) is 0.375. The molecule has 0 radical (unpaired) electrons. The largest absolute Gasteiger partial charge is 0.494 e. The standard InChI is InChI=1S/C16H18FN3O2.ClH/c1-22-15-8-14-10(7-13(15)17)6-11(9-19-14)16(21)20-12-2-4-18-5-3-12;/h6-9,12,18H,2-5H2,1H3,(H,20,21);1H. The molecule has 7 heteroatoms. The van der Waals surface area contributed by atoms with Gasteiger partial charge in [-0.3, -0.25) is 9.78 Å². The Labute approximate surface area is 140 Å². The van der Waals surface area contributed by atoms with Crippen molar-refractivity contribution in [3.05, 3.63) is 35.8 Å². The van der Waals surface area contributed by atoms with Gasteiger partial charge in [-0.25, -0.2) is 4.39 Å². The van der Waals surface area contributed by atoms with Gasteiger partial charge in [-0.2, -0.15) is 0 Å². The maximum Gasteiger partial charge on any atom is 0.253 e. The minimum atomic E-state index is -0.465. The highest BCUT2D eigenvalue weighted by atomic mass is 35.5. The van der Waals surface area contributed by atoms with Crippen LogP contribution in [0.4, 0.5) is 4.39 Å². The Morgan fingerprint density at radius 1 is 1.35 bits per heavy atom. The highest BCUT2D eigenvalue weighted by Crippen LogP contribution is 2.23. The van der Waals surface area contributed by atoms with Gasteiger partial charge in [0, 0.05) is 23.7 Å². The average molecular weight is 340 g/mol. The number of nitrogens with one attached hydrogen (secondary N) is 2. The molecule has 2 N–H and O–H groups in total. The Morgan fingerprint density at radius 2 is 2.09 bits per heavy atom. The zero-order valence-electron chi connectivity index (χ0n) is 12.8. The molecule has 0 bridgehead atoms. The van der Waals surface area contributed by atoms with Crippen LogP contribution >= 0.6 is 12.4 Å². The number of pyridine rings is 1. The quantitative estimate of drug-likeness (QED) is 0.900. The first kappa shape index (κ1) is 17.4. The molecule has 0 spiro atoms. The number of methoxy groups -OCH3 is 1. The minimum absolute atomic E-state index is 0. The molecule has 23 heavy (non-hydrogen) atoms. The van der Waals surface area contributed by atoms with Crippen LogP contribution in [-0.4, -0.2) is 37.1 Å². The van der Waals surface area contributed by atoms with Crippen molar-refractivity contribution in [3.8, 4) is 5.75 Å². The average Bonchev–Trinajstić information content (AvgIpc) is 2.54. The topological polar surface area (TPSA) is 63.2 Å². The second-order valence-electron chi connectivity index (χ2n) is 5.40. The summed E-state index contributed by atoms with van der Waals surface area (Å²) in [5, 5.41) is 6.83. The molecule has 2 heterocycles. The zero-order chi connectivity index (χ0) is 15.5. The number of carbonyl (C=O) groups is 1. The molecular weight excluding hydrogens is 321 g/mol. The van der Waals surface area contributed by atoms with Crippen LogP contribution in [-0.2, 0) is 0 Å². The molecule has 1 aromatic carbocycles. The Kier molecular flexibility index (Phi) is 5.74. The molecule has 2 aromatic rings. The number of ether oxygens (including phenoxy) is 1. The number of hydrogen-bond acceptors (Lipinski definition) is 4. The Hall–Kier alpha value is -1.92. The van der Waals surface area contributed by atoms with Crippen LogP contribution in [0.25, 0.3) is 10.9 Å². The lowest BCUT2D eigenvalue weighted by molar-refractivity contribution is 0.0929. The van der Waals surface area contributed by atoms with Gasteiger partial charge in [0.1, 0.15) is 0 Å². The van der Waals surface area contributed by atoms with Crippen LogP contribution in [0.2, 0.25) is 0 Å². The van der Waals surface area contributed by atoms with E-state index in [0.717, 1.165) is 25.9 Å². The van der Waals surface area contributed by atoms with Gasteiger partial charge in [-0.05, 0) is 38.1 Å². The SMILES string of the molecule is COc1cc2ncc(C(=O)NC3CCNCC3)cc2cc1F.Cl. The number of fused-ring (bicyclic) bond motifs is 1. The van der Waals surface area contributed by atoms with Crippen molar-refractivity contribution in [2.45, 2.75) is 18.9 Å². The van der Waals surface area contributed by atoms with Gasteiger partial charge in [0.05, 0.1) is 18.2 Å². The third kappa shape index (κ3) is 3.89. The van der Waals surface area contributed by atoms with Crippen molar-refractivity contribution in [2.24, 2.45) is 0 Å². The lowest BCUT2D eigenvalue weighted by atomic mass is 10.1. The van der Waals surface area contributed by atoms with Crippen molar-refractivity contribution >= 4 is 29.2 Å². The van der Waals surface area contributed by atoms with E-state index in [4.69, 9.17) is 4.74 Å². The van der Waals surface area contributed by atoms with E-state index in [1.54, 1.807) is 6.07 Å². The summed E-state index contributed by atoms with van der Waals surface area (Å²) in [5.74, 6) is -0.489. The van der Waals surface area contributed by atoms with E-state index in [-0.39, 0.29) is 30.1 Å². The van der Waals surface area contributed by atoms with Crippen LogP contribution in [0.3, 0.4) is 0 Å². The number of piperidine rings is 1. The Balaban J connectivity index is 0.00000192. The fourth-order valence-electron chi connectivity index (χ4n) is 2.64. The summed E-state index contributed by atoms with van der Waals surface area (Å²) in [7, 11) is 1.41. The lowest BCUT2D eigenvalue weighted by Crippen LogP contribution is -2.42. The van der Waals surface area contributed by atoms with Crippen molar-refractivity contribution in [3.63, 3.8) is 0 Å². The first-order valence-electron chi connectivity index (χ1n) is 7.32. The molecule has 124 valence electrons. The summed E-state index contributed by atoms with van der Waals surface area (Å²) in [6.07, 6.45) is 3.34. The molecule has 1 aliphatic rings. The molecule has 1 amide bonds. The third-order valence-corrected chi connectivity index (χ3v) is 3.89. The van der Waals surface area contributed by atoms with E-state index in [1.807, 2.05) is 0 Å².